The fraction of sp³-hybridized carbons (Fsp3) is 0.385. The third-order valence-electron chi connectivity index (χ3n) is 3.04. The summed E-state index contributed by atoms with van der Waals surface area (Å²) in [4.78, 5) is 12.3. The SMILES string of the molecule is Cc1nnnn1C(Cc1ccc(F)cc1)C(=O)NCCN. The normalized spacial score (nSPS) is 12.1. The molecule has 0 aliphatic rings. The predicted octanol–water partition coefficient (Wildman–Crippen LogP) is -0.0207. The molecule has 0 saturated heterocycles. The first-order chi connectivity index (χ1) is 10.1. The number of carbonyl (C=O) groups excluding carboxylic acids is 1. The number of carbonyl (C=O) groups is 1. The molecular formula is C13H17FN6O. The minimum absolute atomic E-state index is 0.222. The maximum atomic E-state index is 13.0. The number of aryl methyl sites for hydroxylation is 1. The Balaban J connectivity index is 2.21. The molecular weight excluding hydrogens is 275 g/mol. The van der Waals surface area contributed by atoms with Crippen molar-refractivity contribution in [2.75, 3.05) is 13.1 Å². The Morgan fingerprint density at radius 1 is 1.43 bits per heavy atom. The van der Waals surface area contributed by atoms with Crippen molar-refractivity contribution in [1.29, 1.82) is 0 Å². The van der Waals surface area contributed by atoms with Gasteiger partial charge in [0.1, 0.15) is 17.7 Å². The lowest BCUT2D eigenvalue weighted by Gasteiger charge is -2.17. The number of amides is 1. The van der Waals surface area contributed by atoms with Crippen LogP contribution in [0, 0.1) is 12.7 Å². The zero-order valence-corrected chi connectivity index (χ0v) is 11.7. The summed E-state index contributed by atoms with van der Waals surface area (Å²) in [6.45, 7) is 2.44. The molecule has 1 aromatic carbocycles. The maximum absolute atomic E-state index is 13.0. The van der Waals surface area contributed by atoms with Crippen LogP contribution < -0.4 is 11.1 Å². The van der Waals surface area contributed by atoms with Crippen LogP contribution in [0.5, 0.6) is 0 Å². The van der Waals surface area contributed by atoms with Crippen molar-refractivity contribution < 1.29 is 9.18 Å². The number of halogens is 1. The third kappa shape index (κ3) is 3.82. The molecule has 0 radical (unpaired) electrons. The van der Waals surface area contributed by atoms with E-state index in [1.807, 2.05) is 0 Å². The van der Waals surface area contributed by atoms with Gasteiger partial charge in [-0.2, -0.15) is 0 Å². The Hall–Kier alpha value is -2.35. The first-order valence-electron chi connectivity index (χ1n) is 6.58. The van der Waals surface area contributed by atoms with Gasteiger partial charge < -0.3 is 11.1 Å². The molecule has 0 bridgehead atoms. The van der Waals surface area contributed by atoms with E-state index >= 15 is 0 Å². The van der Waals surface area contributed by atoms with E-state index in [0.717, 1.165) is 5.56 Å². The molecule has 21 heavy (non-hydrogen) atoms. The van der Waals surface area contributed by atoms with E-state index in [4.69, 9.17) is 5.73 Å². The molecule has 0 aliphatic carbocycles. The summed E-state index contributed by atoms with van der Waals surface area (Å²) >= 11 is 0. The van der Waals surface area contributed by atoms with Crippen LogP contribution in [-0.4, -0.2) is 39.2 Å². The van der Waals surface area contributed by atoms with Crippen LogP contribution in [0.3, 0.4) is 0 Å². The lowest BCUT2D eigenvalue weighted by atomic mass is 10.1. The van der Waals surface area contributed by atoms with E-state index < -0.39 is 6.04 Å². The summed E-state index contributed by atoms with van der Waals surface area (Å²) in [7, 11) is 0. The van der Waals surface area contributed by atoms with Crippen LogP contribution in [0.4, 0.5) is 4.39 Å². The van der Waals surface area contributed by atoms with Gasteiger partial charge in [-0.1, -0.05) is 12.1 Å². The molecule has 112 valence electrons. The zero-order valence-electron chi connectivity index (χ0n) is 11.7. The lowest BCUT2D eigenvalue weighted by molar-refractivity contribution is -0.124. The van der Waals surface area contributed by atoms with Crippen LogP contribution in [0.2, 0.25) is 0 Å². The first-order valence-corrected chi connectivity index (χ1v) is 6.58. The average Bonchev–Trinajstić information content (AvgIpc) is 2.90. The second-order valence-electron chi connectivity index (χ2n) is 4.60. The fourth-order valence-electron chi connectivity index (χ4n) is 1.97. The molecule has 1 aromatic heterocycles. The highest BCUT2D eigenvalue weighted by molar-refractivity contribution is 5.80. The van der Waals surface area contributed by atoms with Gasteiger partial charge in [0, 0.05) is 19.5 Å². The molecule has 8 heteroatoms. The van der Waals surface area contributed by atoms with Crippen molar-refractivity contribution in [2.45, 2.75) is 19.4 Å². The maximum Gasteiger partial charge on any atom is 0.245 e. The average molecular weight is 292 g/mol. The number of tetrazole rings is 1. The molecule has 0 saturated carbocycles. The lowest BCUT2D eigenvalue weighted by Crippen LogP contribution is -2.37. The predicted molar refractivity (Wildman–Crippen MR) is 73.8 cm³/mol. The van der Waals surface area contributed by atoms with Crippen molar-refractivity contribution in [1.82, 2.24) is 25.5 Å². The molecule has 7 nitrogen and oxygen atoms in total. The van der Waals surface area contributed by atoms with Crippen molar-refractivity contribution in [3.8, 4) is 0 Å². The highest BCUT2D eigenvalue weighted by Gasteiger charge is 2.23. The van der Waals surface area contributed by atoms with Gasteiger partial charge in [-0.15, -0.1) is 5.10 Å². The minimum Gasteiger partial charge on any atom is -0.353 e. The molecule has 0 aliphatic heterocycles. The molecule has 1 amide bonds. The highest BCUT2D eigenvalue weighted by Crippen LogP contribution is 2.15. The Kier molecular flexibility index (Phi) is 4.94. The number of nitrogens with one attached hydrogen (secondary N) is 1. The van der Waals surface area contributed by atoms with Crippen LogP contribution in [0.15, 0.2) is 24.3 Å². The zero-order chi connectivity index (χ0) is 15.2. The summed E-state index contributed by atoms with van der Waals surface area (Å²) in [5.41, 5.74) is 6.21. The van der Waals surface area contributed by atoms with Crippen LogP contribution in [0.1, 0.15) is 17.4 Å². The Morgan fingerprint density at radius 3 is 2.71 bits per heavy atom. The standard InChI is InChI=1S/C13H17FN6O/c1-9-17-18-19-20(9)12(13(21)16-7-6-15)8-10-2-4-11(14)5-3-10/h2-5,12H,6-8,15H2,1H3,(H,16,21). The summed E-state index contributed by atoms with van der Waals surface area (Å²) < 4.78 is 14.4. The van der Waals surface area contributed by atoms with E-state index in [1.165, 1.54) is 16.8 Å². The monoisotopic (exact) mass is 292 g/mol. The van der Waals surface area contributed by atoms with Gasteiger partial charge >= 0.3 is 0 Å². The number of hydrogen-bond donors (Lipinski definition) is 2. The molecule has 1 unspecified atom stereocenters. The Bertz CT molecular complexity index is 597. The molecule has 3 N–H and O–H groups in total. The van der Waals surface area contributed by atoms with Gasteiger partial charge in [0.2, 0.25) is 5.91 Å². The number of hydrogen-bond acceptors (Lipinski definition) is 5. The van der Waals surface area contributed by atoms with E-state index in [2.05, 4.69) is 20.8 Å². The third-order valence-corrected chi connectivity index (χ3v) is 3.04. The second-order valence-corrected chi connectivity index (χ2v) is 4.60. The first kappa shape index (κ1) is 15.0. The topological polar surface area (TPSA) is 98.7 Å². The van der Waals surface area contributed by atoms with Gasteiger partial charge in [-0.05, 0) is 35.0 Å². The number of benzene rings is 1. The number of aromatic nitrogens is 4. The van der Waals surface area contributed by atoms with E-state index in [9.17, 15) is 9.18 Å². The largest absolute Gasteiger partial charge is 0.353 e. The fourth-order valence-corrected chi connectivity index (χ4v) is 1.97. The number of nitrogens with zero attached hydrogens (tertiary/aromatic N) is 4. The smallest absolute Gasteiger partial charge is 0.245 e. The van der Waals surface area contributed by atoms with Crippen molar-refractivity contribution in [3.63, 3.8) is 0 Å². The summed E-state index contributed by atoms with van der Waals surface area (Å²) in [5, 5.41) is 13.9. The van der Waals surface area contributed by atoms with Gasteiger partial charge in [-0.25, -0.2) is 9.07 Å². The Morgan fingerprint density at radius 2 is 2.14 bits per heavy atom. The van der Waals surface area contributed by atoms with Gasteiger partial charge in [0.25, 0.3) is 0 Å². The summed E-state index contributed by atoms with van der Waals surface area (Å²) in [6, 6.07) is 5.39. The van der Waals surface area contributed by atoms with E-state index in [0.29, 0.717) is 25.3 Å². The molecule has 1 atom stereocenters. The van der Waals surface area contributed by atoms with Crippen molar-refractivity contribution in [2.24, 2.45) is 5.73 Å². The van der Waals surface area contributed by atoms with Crippen molar-refractivity contribution in [3.05, 3.63) is 41.5 Å². The van der Waals surface area contributed by atoms with Gasteiger partial charge in [0.15, 0.2) is 0 Å². The highest BCUT2D eigenvalue weighted by atomic mass is 19.1. The van der Waals surface area contributed by atoms with E-state index in [1.54, 1.807) is 19.1 Å². The van der Waals surface area contributed by atoms with Crippen LogP contribution >= 0.6 is 0 Å². The van der Waals surface area contributed by atoms with Crippen LogP contribution in [-0.2, 0) is 11.2 Å². The number of nitrogens with two attached hydrogens (primary N) is 1. The quantitative estimate of drug-likeness (QED) is 0.779. The second kappa shape index (κ2) is 6.89. The molecule has 1 heterocycles. The van der Waals surface area contributed by atoms with Gasteiger partial charge in [0.05, 0.1) is 0 Å². The number of rotatable bonds is 6. The molecule has 2 aromatic rings. The van der Waals surface area contributed by atoms with Crippen LogP contribution in [0.25, 0.3) is 0 Å². The Labute approximate surface area is 121 Å². The van der Waals surface area contributed by atoms with Gasteiger partial charge in [-0.3, -0.25) is 4.79 Å². The summed E-state index contributed by atoms with van der Waals surface area (Å²) in [6.07, 6.45) is 0.364. The summed E-state index contributed by atoms with van der Waals surface area (Å²) in [5.74, 6) is -0.00771. The van der Waals surface area contributed by atoms with Crippen molar-refractivity contribution >= 4 is 5.91 Å². The van der Waals surface area contributed by atoms with E-state index in [-0.39, 0.29) is 11.7 Å². The molecule has 0 fully saturated rings. The molecule has 2 rings (SSSR count). The molecule has 0 spiro atoms. The minimum atomic E-state index is -0.600.